The van der Waals surface area contributed by atoms with Crippen molar-refractivity contribution in [3.63, 3.8) is 0 Å². The van der Waals surface area contributed by atoms with Gasteiger partial charge < -0.3 is 10.2 Å². The number of hydrogen-bond acceptors (Lipinski definition) is 4. The van der Waals surface area contributed by atoms with Gasteiger partial charge in [0.05, 0.1) is 11.4 Å². The SMILES string of the molecule is CC(C)(C)NC(=O)C1CSCN1C(=O)c1ccsc1. The zero-order chi connectivity index (χ0) is 14.0. The number of thioether (sulfide) groups is 1. The summed E-state index contributed by atoms with van der Waals surface area (Å²) in [6.45, 7) is 5.83. The minimum absolute atomic E-state index is 0.0553. The van der Waals surface area contributed by atoms with Crippen molar-refractivity contribution in [3.05, 3.63) is 22.4 Å². The molecule has 0 aromatic carbocycles. The maximum absolute atomic E-state index is 12.3. The lowest BCUT2D eigenvalue weighted by atomic mass is 10.1. The second-order valence-electron chi connectivity index (χ2n) is 5.54. The van der Waals surface area contributed by atoms with E-state index >= 15 is 0 Å². The third-order valence-electron chi connectivity index (χ3n) is 2.71. The fraction of sp³-hybridized carbons (Fsp3) is 0.538. The predicted molar refractivity (Wildman–Crippen MR) is 79.5 cm³/mol. The molecule has 0 radical (unpaired) electrons. The quantitative estimate of drug-likeness (QED) is 0.910. The van der Waals surface area contributed by atoms with Gasteiger partial charge in [-0.3, -0.25) is 9.59 Å². The second kappa shape index (κ2) is 5.54. The van der Waals surface area contributed by atoms with Crippen LogP contribution in [0.25, 0.3) is 0 Å². The molecule has 1 N–H and O–H groups in total. The minimum atomic E-state index is -0.364. The van der Waals surface area contributed by atoms with Gasteiger partial charge in [0.25, 0.3) is 5.91 Å². The van der Waals surface area contributed by atoms with Crippen LogP contribution >= 0.6 is 23.1 Å². The lowest BCUT2D eigenvalue weighted by Crippen LogP contribution is -2.52. The molecule has 1 aromatic rings. The molecule has 1 aliphatic rings. The summed E-state index contributed by atoms with van der Waals surface area (Å²) in [4.78, 5) is 26.2. The zero-order valence-corrected chi connectivity index (χ0v) is 12.9. The first-order valence-corrected chi connectivity index (χ1v) is 8.21. The van der Waals surface area contributed by atoms with Gasteiger partial charge in [-0.15, -0.1) is 11.8 Å². The number of amides is 2. The van der Waals surface area contributed by atoms with Gasteiger partial charge >= 0.3 is 0 Å². The number of thiophene rings is 1. The number of carbonyl (C=O) groups is 2. The molecule has 1 unspecified atom stereocenters. The molecule has 0 saturated carbocycles. The van der Waals surface area contributed by atoms with E-state index in [-0.39, 0.29) is 23.4 Å². The Balaban J connectivity index is 2.09. The first-order valence-electron chi connectivity index (χ1n) is 6.11. The van der Waals surface area contributed by atoms with Gasteiger partial charge in [-0.25, -0.2) is 0 Å². The molecule has 0 spiro atoms. The molecule has 1 saturated heterocycles. The summed E-state index contributed by atoms with van der Waals surface area (Å²) < 4.78 is 0. The monoisotopic (exact) mass is 298 g/mol. The van der Waals surface area contributed by atoms with Crippen molar-refractivity contribution in [2.24, 2.45) is 0 Å². The first kappa shape index (κ1) is 14.4. The Morgan fingerprint density at radius 2 is 2.16 bits per heavy atom. The molecule has 1 fully saturated rings. The summed E-state index contributed by atoms with van der Waals surface area (Å²) in [5.41, 5.74) is 0.391. The van der Waals surface area contributed by atoms with Crippen LogP contribution in [0.4, 0.5) is 0 Å². The van der Waals surface area contributed by atoms with Gasteiger partial charge in [0.15, 0.2) is 0 Å². The lowest BCUT2D eigenvalue weighted by Gasteiger charge is -2.27. The molecule has 0 aliphatic carbocycles. The summed E-state index contributed by atoms with van der Waals surface area (Å²) in [6, 6.07) is 1.44. The molecule has 19 heavy (non-hydrogen) atoms. The molecule has 1 aromatic heterocycles. The Kier molecular flexibility index (Phi) is 4.20. The summed E-state index contributed by atoms with van der Waals surface area (Å²) >= 11 is 3.11. The standard InChI is InChI=1S/C13H18N2O2S2/c1-13(2,3)14-11(16)10-7-19-8-15(10)12(17)9-4-5-18-6-9/h4-6,10H,7-8H2,1-3H3,(H,14,16). The van der Waals surface area contributed by atoms with Crippen LogP contribution in [0, 0.1) is 0 Å². The van der Waals surface area contributed by atoms with E-state index in [2.05, 4.69) is 5.32 Å². The molecule has 2 rings (SSSR count). The highest BCUT2D eigenvalue weighted by Crippen LogP contribution is 2.24. The van der Waals surface area contributed by atoms with Crippen molar-refractivity contribution in [3.8, 4) is 0 Å². The number of carbonyl (C=O) groups excluding carboxylic acids is 2. The molecular formula is C13H18N2O2S2. The van der Waals surface area contributed by atoms with Crippen molar-refractivity contribution < 1.29 is 9.59 Å². The third-order valence-corrected chi connectivity index (χ3v) is 4.41. The Labute approximate surface area is 121 Å². The third kappa shape index (κ3) is 3.51. The lowest BCUT2D eigenvalue weighted by molar-refractivity contribution is -0.125. The summed E-state index contributed by atoms with van der Waals surface area (Å²) in [5, 5.41) is 6.65. The Morgan fingerprint density at radius 3 is 2.74 bits per heavy atom. The second-order valence-corrected chi connectivity index (χ2v) is 7.32. The number of hydrogen-bond donors (Lipinski definition) is 1. The van der Waals surface area contributed by atoms with E-state index in [1.807, 2.05) is 31.5 Å². The van der Waals surface area contributed by atoms with Crippen molar-refractivity contribution in [2.45, 2.75) is 32.4 Å². The Morgan fingerprint density at radius 1 is 1.42 bits per heavy atom. The zero-order valence-electron chi connectivity index (χ0n) is 11.3. The first-order chi connectivity index (χ1) is 8.88. The fourth-order valence-electron chi connectivity index (χ4n) is 1.86. The van der Waals surface area contributed by atoms with Crippen LogP contribution in [-0.2, 0) is 4.79 Å². The highest BCUT2D eigenvalue weighted by Gasteiger charge is 2.36. The van der Waals surface area contributed by atoms with Gasteiger partial charge in [-0.05, 0) is 32.2 Å². The van der Waals surface area contributed by atoms with Crippen LogP contribution in [0.1, 0.15) is 31.1 Å². The average molecular weight is 298 g/mol. The van der Waals surface area contributed by atoms with Gasteiger partial charge in [-0.2, -0.15) is 11.3 Å². The van der Waals surface area contributed by atoms with Gasteiger partial charge in [0, 0.05) is 16.7 Å². The largest absolute Gasteiger partial charge is 0.350 e. The van der Waals surface area contributed by atoms with E-state index in [9.17, 15) is 9.59 Å². The van der Waals surface area contributed by atoms with E-state index in [4.69, 9.17) is 0 Å². The normalized spacial score (nSPS) is 19.5. The molecule has 1 aliphatic heterocycles. The highest BCUT2D eigenvalue weighted by atomic mass is 32.2. The van der Waals surface area contributed by atoms with Gasteiger partial charge in [0.1, 0.15) is 6.04 Å². The van der Waals surface area contributed by atoms with Crippen molar-refractivity contribution in [1.82, 2.24) is 10.2 Å². The molecule has 4 nitrogen and oxygen atoms in total. The molecule has 6 heteroatoms. The van der Waals surface area contributed by atoms with Crippen LogP contribution in [0.5, 0.6) is 0 Å². The van der Waals surface area contributed by atoms with E-state index in [0.29, 0.717) is 17.2 Å². The molecule has 2 amide bonds. The Bertz CT molecular complexity index is 465. The maximum atomic E-state index is 12.3. The van der Waals surface area contributed by atoms with Crippen LogP contribution in [-0.4, -0.2) is 39.9 Å². The smallest absolute Gasteiger partial charge is 0.256 e. The van der Waals surface area contributed by atoms with Gasteiger partial charge in [0.2, 0.25) is 5.91 Å². The number of nitrogens with one attached hydrogen (secondary N) is 1. The molecule has 104 valence electrons. The van der Waals surface area contributed by atoms with E-state index in [0.717, 1.165) is 0 Å². The van der Waals surface area contributed by atoms with E-state index in [1.165, 1.54) is 11.3 Å². The number of nitrogens with zero attached hydrogens (tertiary/aromatic N) is 1. The summed E-state index contributed by atoms with van der Waals surface area (Å²) in [5.74, 6) is 1.12. The minimum Gasteiger partial charge on any atom is -0.350 e. The fourth-order valence-corrected chi connectivity index (χ4v) is 3.65. The van der Waals surface area contributed by atoms with Crippen LogP contribution in [0.15, 0.2) is 16.8 Å². The van der Waals surface area contributed by atoms with Crippen molar-refractivity contribution >= 4 is 34.9 Å². The van der Waals surface area contributed by atoms with E-state index in [1.54, 1.807) is 22.7 Å². The molecule has 0 bridgehead atoms. The maximum Gasteiger partial charge on any atom is 0.256 e. The van der Waals surface area contributed by atoms with Crippen molar-refractivity contribution in [2.75, 3.05) is 11.6 Å². The van der Waals surface area contributed by atoms with Crippen LogP contribution < -0.4 is 5.32 Å². The topological polar surface area (TPSA) is 49.4 Å². The predicted octanol–water partition coefficient (Wildman–Crippen LogP) is 2.18. The van der Waals surface area contributed by atoms with Crippen LogP contribution in [0.3, 0.4) is 0 Å². The number of rotatable bonds is 2. The summed E-state index contributed by atoms with van der Waals surface area (Å²) in [6.07, 6.45) is 0. The van der Waals surface area contributed by atoms with E-state index < -0.39 is 0 Å². The summed E-state index contributed by atoms with van der Waals surface area (Å²) in [7, 11) is 0. The molecular weight excluding hydrogens is 280 g/mol. The van der Waals surface area contributed by atoms with Crippen LogP contribution in [0.2, 0.25) is 0 Å². The molecule has 1 atom stereocenters. The van der Waals surface area contributed by atoms with Crippen molar-refractivity contribution in [1.29, 1.82) is 0 Å². The molecule has 2 heterocycles. The average Bonchev–Trinajstić information content (AvgIpc) is 2.97. The highest BCUT2D eigenvalue weighted by molar-refractivity contribution is 7.99. The Hall–Kier alpha value is -1.01. The van der Waals surface area contributed by atoms with Gasteiger partial charge in [-0.1, -0.05) is 0 Å².